The highest BCUT2D eigenvalue weighted by atomic mass is 19.1. The Morgan fingerprint density at radius 3 is 2.71 bits per heavy atom. The SMILES string of the molecule is CNc1cc(Nc2cccn(-c3ccc(C=O)cn3)c2=O)nn2c(C(=O)N[C@@H]3C[C@@H]3F)cnc12. The standard InChI is InChI=1S/C22H19FN8O3/c1-24-16-8-18(29-31-17(10-26-20(16)31)21(33)28-15-7-13(15)23)27-14-3-2-6-30(22(14)34)19-5-4-12(11-32)9-25-19/h2-6,8-11,13,15,24H,7H2,1H3,(H,27,29)(H,28,33)/t13-,15+/m0/s1. The second kappa shape index (κ2) is 8.39. The van der Waals surface area contributed by atoms with Crippen LogP contribution < -0.4 is 21.5 Å². The van der Waals surface area contributed by atoms with Crippen molar-refractivity contribution in [2.45, 2.75) is 18.6 Å². The molecule has 4 aromatic heterocycles. The summed E-state index contributed by atoms with van der Waals surface area (Å²) in [5, 5.41) is 13.0. The van der Waals surface area contributed by atoms with Crippen molar-refractivity contribution < 1.29 is 14.0 Å². The lowest BCUT2D eigenvalue weighted by Crippen LogP contribution is -2.28. The number of amides is 1. The minimum absolute atomic E-state index is 0.138. The van der Waals surface area contributed by atoms with Crippen LogP contribution in [0.15, 0.2) is 53.7 Å². The van der Waals surface area contributed by atoms with E-state index in [1.165, 1.54) is 21.5 Å². The number of aldehydes is 1. The van der Waals surface area contributed by atoms with Crippen LogP contribution in [0, 0.1) is 0 Å². The molecular weight excluding hydrogens is 443 g/mol. The molecule has 0 unspecified atom stereocenters. The summed E-state index contributed by atoms with van der Waals surface area (Å²) in [5.41, 5.74) is 1.31. The number of carbonyl (C=O) groups is 2. The predicted octanol–water partition coefficient (Wildman–Crippen LogP) is 1.71. The Bertz CT molecular complexity index is 1460. The van der Waals surface area contributed by atoms with Gasteiger partial charge in [-0.1, -0.05) is 0 Å². The Kier molecular flexibility index (Phi) is 5.24. The number of pyridine rings is 2. The monoisotopic (exact) mass is 462 g/mol. The van der Waals surface area contributed by atoms with Gasteiger partial charge in [0.1, 0.15) is 17.7 Å². The fraction of sp³-hybridized carbons (Fsp3) is 0.182. The van der Waals surface area contributed by atoms with E-state index in [0.717, 1.165) is 0 Å². The van der Waals surface area contributed by atoms with Crippen LogP contribution in [0.1, 0.15) is 27.3 Å². The quantitative estimate of drug-likeness (QED) is 0.353. The first kappa shape index (κ1) is 21.2. The molecule has 4 aromatic rings. The Balaban J connectivity index is 1.50. The Hall–Kier alpha value is -4.61. The zero-order valence-electron chi connectivity index (χ0n) is 17.9. The van der Waals surface area contributed by atoms with Gasteiger partial charge in [0, 0.05) is 37.5 Å². The van der Waals surface area contributed by atoms with Gasteiger partial charge in [-0.3, -0.25) is 19.0 Å². The molecule has 3 N–H and O–H groups in total. The highest BCUT2D eigenvalue weighted by molar-refractivity contribution is 5.94. The summed E-state index contributed by atoms with van der Waals surface area (Å²) in [6.07, 6.45) is 4.22. The molecule has 0 aromatic carbocycles. The van der Waals surface area contributed by atoms with Crippen molar-refractivity contribution in [3.8, 4) is 5.82 Å². The van der Waals surface area contributed by atoms with Gasteiger partial charge in [0.15, 0.2) is 23.4 Å². The van der Waals surface area contributed by atoms with Gasteiger partial charge in [0.2, 0.25) is 0 Å². The minimum Gasteiger partial charge on any atom is -0.385 e. The van der Waals surface area contributed by atoms with Crippen molar-refractivity contribution in [3.63, 3.8) is 0 Å². The van der Waals surface area contributed by atoms with Crippen LogP contribution in [0.5, 0.6) is 0 Å². The molecule has 172 valence electrons. The highest BCUT2D eigenvalue weighted by Crippen LogP contribution is 2.26. The van der Waals surface area contributed by atoms with Gasteiger partial charge in [-0.2, -0.15) is 0 Å². The van der Waals surface area contributed by atoms with Crippen molar-refractivity contribution in [1.82, 2.24) is 29.5 Å². The second-order valence-corrected chi connectivity index (χ2v) is 7.69. The molecule has 5 rings (SSSR count). The molecule has 1 saturated carbocycles. The van der Waals surface area contributed by atoms with E-state index in [0.29, 0.717) is 29.0 Å². The van der Waals surface area contributed by atoms with Crippen molar-refractivity contribution in [1.29, 1.82) is 0 Å². The van der Waals surface area contributed by atoms with E-state index in [2.05, 4.69) is 31.0 Å². The summed E-state index contributed by atoms with van der Waals surface area (Å²) in [6.45, 7) is 0. The molecule has 1 aliphatic carbocycles. The van der Waals surface area contributed by atoms with Crippen LogP contribution in [-0.4, -0.2) is 55.6 Å². The topological polar surface area (TPSA) is 135 Å². The van der Waals surface area contributed by atoms with E-state index in [1.807, 2.05) is 0 Å². The Morgan fingerprint density at radius 2 is 2.03 bits per heavy atom. The predicted molar refractivity (Wildman–Crippen MR) is 122 cm³/mol. The van der Waals surface area contributed by atoms with E-state index in [4.69, 9.17) is 0 Å². The van der Waals surface area contributed by atoms with Crippen LogP contribution in [0.3, 0.4) is 0 Å². The number of fused-ring (bicyclic) bond motifs is 1. The highest BCUT2D eigenvalue weighted by Gasteiger charge is 2.39. The summed E-state index contributed by atoms with van der Waals surface area (Å²) < 4.78 is 15.9. The van der Waals surface area contributed by atoms with Gasteiger partial charge in [0.05, 0.1) is 17.9 Å². The zero-order valence-corrected chi connectivity index (χ0v) is 17.9. The van der Waals surface area contributed by atoms with Crippen molar-refractivity contribution >= 4 is 35.0 Å². The lowest BCUT2D eigenvalue weighted by atomic mass is 10.3. The number of alkyl halides is 1. The normalized spacial score (nSPS) is 16.8. The van der Waals surface area contributed by atoms with E-state index in [-0.39, 0.29) is 23.6 Å². The molecule has 0 bridgehead atoms. The number of imidazole rings is 1. The summed E-state index contributed by atoms with van der Waals surface area (Å²) >= 11 is 0. The van der Waals surface area contributed by atoms with Crippen molar-refractivity contribution in [2.75, 3.05) is 17.7 Å². The van der Waals surface area contributed by atoms with Crippen molar-refractivity contribution in [3.05, 3.63) is 70.5 Å². The van der Waals surface area contributed by atoms with Gasteiger partial charge in [-0.15, -0.1) is 5.10 Å². The van der Waals surface area contributed by atoms with Crippen molar-refractivity contribution in [2.24, 2.45) is 0 Å². The number of carbonyl (C=O) groups excluding carboxylic acids is 2. The number of nitrogens with zero attached hydrogens (tertiary/aromatic N) is 5. The maximum Gasteiger partial charge on any atom is 0.279 e. The first-order valence-corrected chi connectivity index (χ1v) is 10.4. The number of aromatic nitrogens is 5. The number of hydrogen-bond donors (Lipinski definition) is 3. The van der Waals surface area contributed by atoms with Gasteiger partial charge >= 0.3 is 0 Å². The van der Waals surface area contributed by atoms with Crippen LogP contribution >= 0.6 is 0 Å². The fourth-order valence-corrected chi connectivity index (χ4v) is 3.44. The number of nitrogens with one attached hydrogen (secondary N) is 3. The Labute approximate surface area is 191 Å². The van der Waals surface area contributed by atoms with Gasteiger partial charge in [0.25, 0.3) is 11.5 Å². The largest absolute Gasteiger partial charge is 0.385 e. The van der Waals surface area contributed by atoms with Gasteiger partial charge in [-0.25, -0.2) is 18.9 Å². The number of rotatable bonds is 7. The third kappa shape index (κ3) is 3.85. The van der Waals surface area contributed by atoms with Crippen LogP contribution in [0.2, 0.25) is 0 Å². The average Bonchev–Trinajstić information content (AvgIpc) is 3.36. The molecule has 0 radical (unpaired) electrons. The summed E-state index contributed by atoms with van der Waals surface area (Å²) in [6, 6.07) is 7.53. The molecule has 1 fully saturated rings. The molecule has 4 heterocycles. The third-order valence-corrected chi connectivity index (χ3v) is 5.36. The van der Waals surface area contributed by atoms with E-state index >= 15 is 0 Å². The average molecular weight is 462 g/mol. The van der Waals surface area contributed by atoms with Crippen LogP contribution in [0.4, 0.5) is 21.6 Å². The first-order chi connectivity index (χ1) is 16.5. The lowest BCUT2D eigenvalue weighted by molar-refractivity contribution is 0.0940. The van der Waals surface area contributed by atoms with Gasteiger partial charge < -0.3 is 16.0 Å². The first-order valence-electron chi connectivity index (χ1n) is 10.4. The molecular formula is C22H19FN8O3. The molecule has 0 aliphatic heterocycles. The molecule has 1 aliphatic rings. The summed E-state index contributed by atoms with van der Waals surface area (Å²) in [5.74, 6) is 0.132. The fourth-order valence-electron chi connectivity index (χ4n) is 3.44. The molecule has 0 spiro atoms. The Morgan fingerprint density at radius 1 is 1.21 bits per heavy atom. The minimum atomic E-state index is -1.04. The smallest absolute Gasteiger partial charge is 0.279 e. The van der Waals surface area contributed by atoms with E-state index < -0.39 is 23.7 Å². The summed E-state index contributed by atoms with van der Waals surface area (Å²) in [7, 11) is 1.69. The zero-order chi connectivity index (χ0) is 23.8. The second-order valence-electron chi connectivity index (χ2n) is 7.69. The molecule has 1 amide bonds. The molecule has 34 heavy (non-hydrogen) atoms. The van der Waals surface area contributed by atoms with E-state index in [1.54, 1.807) is 43.6 Å². The molecule has 2 atom stereocenters. The van der Waals surface area contributed by atoms with Gasteiger partial charge in [-0.05, 0) is 24.3 Å². The van der Waals surface area contributed by atoms with Crippen LogP contribution in [0.25, 0.3) is 11.5 Å². The molecule has 12 heteroatoms. The maximum atomic E-state index is 13.2. The number of halogens is 1. The van der Waals surface area contributed by atoms with E-state index in [9.17, 15) is 18.8 Å². The summed E-state index contributed by atoms with van der Waals surface area (Å²) in [4.78, 5) is 44.9. The number of hydrogen-bond acceptors (Lipinski definition) is 8. The number of anilines is 3. The molecule has 11 nitrogen and oxygen atoms in total. The third-order valence-electron chi connectivity index (χ3n) is 5.36. The van der Waals surface area contributed by atoms with Crippen LogP contribution in [-0.2, 0) is 0 Å². The lowest BCUT2D eigenvalue weighted by Gasteiger charge is -2.11. The maximum absolute atomic E-state index is 13.2. The molecule has 0 saturated heterocycles.